The van der Waals surface area contributed by atoms with Crippen molar-refractivity contribution in [3.63, 3.8) is 0 Å². The Hall–Kier alpha value is -1.06. The van der Waals surface area contributed by atoms with Crippen LogP contribution in [0.1, 0.15) is 38.3 Å². The molecule has 0 saturated carbocycles. The topological polar surface area (TPSA) is 41.5 Å². The molecule has 3 nitrogen and oxygen atoms in total. The molecule has 100 valence electrons. The molecule has 0 bridgehead atoms. The second kappa shape index (κ2) is 5.72. The van der Waals surface area contributed by atoms with Gasteiger partial charge in [-0.25, -0.2) is 0 Å². The van der Waals surface area contributed by atoms with E-state index >= 15 is 0 Å². The van der Waals surface area contributed by atoms with E-state index < -0.39 is 0 Å². The molecular weight excluding hydrogens is 226 g/mol. The molecule has 1 aromatic rings. The van der Waals surface area contributed by atoms with E-state index in [4.69, 9.17) is 4.74 Å². The molecule has 1 heterocycles. The predicted octanol–water partition coefficient (Wildman–Crippen LogP) is 2.51. The third-order valence-electron chi connectivity index (χ3n) is 3.97. The zero-order chi connectivity index (χ0) is 13.0. The van der Waals surface area contributed by atoms with Gasteiger partial charge in [0.2, 0.25) is 0 Å². The fourth-order valence-electron chi connectivity index (χ4n) is 2.22. The third-order valence-corrected chi connectivity index (χ3v) is 3.97. The van der Waals surface area contributed by atoms with Crippen molar-refractivity contribution in [1.82, 2.24) is 5.32 Å². The van der Waals surface area contributed by atoms with Crippen molar-refractivity contribution in [2.45, 2.75) is 32.7 Å². The maximum Gasteiger partial charge on any atom is 0.124 e. The molecule has 2 unspecified atom stereocenters. The van der Waals surface area contributed by atoms with Gasteiger partial charge >= 0.3 is 0 Å². The Bertz CT molecular complexity index is 388. The molecule has 0 saturated heterocycles. The Morgan fingerprint density at radius 2 is 2.22 bits per heavy atom. The van der Waals surface area contributed by atoms with Gasteiger partial charge in [0.05, 0.1) is 6.61 Å². The summed E-state index contributed by atoms with van der Waals surface area (Å²) in [5.74, 6) is 0.989. The number of hydrogen-bond donors (Lipinski definition) is 2. The lowest BCUT2D eigenvalue weighted by Gasteiger charge is -2.32. The lowest BCUT2D eigenvalue weighted by atomic mass is 9.87. The largest absolute Gasteiger partial charge is 0.493 e. The van der Waals surface area contributed by atoms with Gasteiger partial charge in [-0.15, -0.1) is 0 Å². The van der Waals surface area contributed by atoms with Crippen LogP contribution in [0, 0.1) is 5.41 Å². The maximum atomic E-state index is 9.45. The predicted molar refractivity (Wildman–Crippen MR) is 72.8 cm³/mol. The molecule has 0 radical (unpaired) electrons. The van der Waals surface area contributed by atoms with Crippen molar-refractivity contribution < 1.29 is 9.84 Å². The second-order valence-corrected chi connectivity index (χ2v) is 5.43. The van der Waals surface area contributed by atoms with E-state index in [0.29, 0.717) is 6.04 Å². The number of hydrogen-bond acceptors (Lipinski definition) is 3. The monoisotopic (exact) mass is 249 g/mol. The minimum atomic E-state index is -0.0345. The summed E-state index contributed by atoms with van der Waals surface area (Å²) in [7, 11) is 0. The molecule has 18 heavy (non-hydrogen) atoms. The van der Waals surface area contributed by atoms with Crippen LogP contribution >= 0.6 is 0 Å². The van der Waals surface area contributed by atoms with Gasteiger partial charge in [-0.05, 0) is 12.5 Å². The summed E-state index contributed by atoms with van der Waals surface area (Å²) in [5, 5.41) is 13.0. The van der Waals surface area contributed by atoms with Crippen LogP contribution in [0.3, 0.4) is 0 Å². The highest BCUT2D eigenvalue weighted by atomic mass is 16.5. The second-order valence-electron chi connectivity index (χ2n) is 5.43. The zero-order valence-corrected chi connectivity index (χ0v) is 11.3. The number of ether oxygens (including phenoxy) is 1. The number of nitrogens with one attached hydrogen (secondary N) is 1. The highest BCUT2D eigenvalue weighted by Gasteiger charge is 2.25. The quantitative estimate of drug-likeness (QED) is 0.842. The van der Waals surface area contributed by atoms with E-state index in [9.17, 15) is 5.11 Å². The molecule has 0 aliphatic carbocycles. The van der Waals surface area contributed by atoms with E-state index in [2.05, 4.69) is 25.2 Å². The Morgan fingerprint density at radius 1 is 1.44 bits per heavy atom. The molecule has 2 atom stereocenters. The molecule has 1 aliphatic rings. The van der Waals surface area contributed by atoms with Gasteiger partial charge in [0.1, 0.15) is 5.75 Å². The van der Waals surface area contributed by atoms with E-state index in [1.165, 1.54) is 5.56 Å². The van der Waals surface area contributed by atoms with E-state index in [-0.39, 0.29) is 12.0 Å². The first-order valence-electron chi connectivity index (χ1n) is 6.74. The summed E-state index contributed by atoms with van der Waals surface area (Å²) in [6, 6.07) is 8.54. The molecule has 2 N–H and O–H groups in total. The van der Waals surface area contributed by atoms with Crippen molar-refractivity contribution in [2.75, 3.05) is 19.8 Å². The summed E-state index contributed by atoms with van der Waals surface area (Å²) in [4.78, 5) is 0. The average Bonchev–Trinajstić information content (AvgIpc) is 2.44. The van der Waals surface area contributed by atoms with Crippen LogP contribution in [-0.2, 0) is 0 Å². The fraction of sp³-hybridized carbons (Fsp3) is 0.600. The smallest absolute Gasteiger partial charge is 0.124 e. The minimum absolute atomic E-state index is 0.0345. The lowest BCUT2D eigenvalue weighted by molar-refractivity contribution is 0.127. The van der Waals surface area contributed by atoms with Crippen LogP contribution in [-0.4, -0.2) is 24.9 Å². The average molecular weight is 249 g/mol. The molecule has 1 aromatic carbocycles. The van der Waals surface area contributed by atoms with Crippen LogP contribution in [0.25, 0.3) is 0 Å². The van der Waals surface area contributed by atoms with Gasteiger partial charge in [-0.2, -0.15) is 0 Å². The van der Waals surface area contributed by atoms with Crippen LogP contribution in [0.5, 0.6) is 5.75 Å². The third kappa shape index (κ3) is 2.85. The molecule has 1 aliphatic heterocycles. The van der Waals surface area contributed by atoms with Crippen molar-refractivity contribution in [1.29, 1.82) is 0 Å². The SMILES string of the molecule is CCC(C)(CO)CNC1CCOc2ccccc21. The van der Waals surface area contributed by atoms with Crippen molar-refractivity contribution in [3.8, 4) is 5.75 Å². The highest BCUT2D eigenvalue weighted by molar-refractivity contribution is 5.37. The number of benzene rings is 1. The first-order valence-corrected chi connectivity index (χ1v) is 6.74. The normalized spacial score (nSPS) is 21.8. The van der Waals surface area contributed by atoms with Gasteiger partial charge in [0.15, 0.2) is 0 Å². The van der Waals surface area contributed by atoms with Gasteiger partial charge in [0.25, 0.3) is 0 Å². The molecular formula is C15H23NO2. The molecule has 0 amide bonds. The molecule has 0 aromatic heterocycles. The van der Waals surface area contributed by atoms with E-state index in [1.54, 1.807) is 0 Å². The molecule has 3 heteroatoms. The molecule has 2 rings (SSSR count). The number of fused-ring (bicyclic) bond motifs is 1. The Kier molecular flexibility index (Phi) is 4.25. The zero-order valence-electron chi connectivity index (χ0n) is 11.3. The number of rotatable bonds is 5. The van der Waals surface area contributed by atoms with Crippen molar-refractivity contribution in [2.24, 2.45) is 5.41 Å². The Labute approximate surface area is 109 Å². The summed E-state index contributed by atoms with van der Waals surface area (Å²) >= 11 is 0. The molecule has 0 fully saturated rings. The van der Waals surface area contributed by atoms with Crippen LogP contribution in [0.15, 0.2) is 24.3 Å². The summed E-state index contributed by atoms with van der Waals surface area (Å²) in [5.41, 5.74) is 1.20. The summed E-state index contributed by atoms with van der Waals surface area (Å²) in [6.45, 7) is 6.05. The lowest BCUT2D eigenvalue weighted by Crippen LogP contribution is -2.38. The van der Waals surface area contributed by atoms with Gasteiger partial charge in [-0.3, -0.25) is 0 Å². The first kappa shape index (κ1) is 13.4. The van der Waals surface area contributed by atoms with E-state index in [1.807, 2.05) is 18.2 Å². The number of para-hydroxylation sites is 1. The van der Waals surface area contributed by atoms with Crippen LogP contribution in [0.2, 0.25) is 0 Å². The summed E-state index contributed by atoms with van der Waals surface area (Å²) < 4.78 is 5.65. The van der Waals surface area contributed by atoms with Crippen molar-refractivity contribution in [3.05, 3.63) is 29.8 Å². The first-order chi connectivity index (χ1) is 8.68. The van der Waals surface area contributed by atoms with Gasteiger partial charge in [-0.1, -0.05) is 32.0 Å². The standard InChI is InChI=1S/C15H23NO2/c1-3-15(2,11-17)10-16-13-8-9-18-14-7-5-4-6-12(13)14/h4-7,13,16-17H,3,8-11H2,1-2H3. The number of aliphatic hydroxyl groups excluding tert-OH is 1. The van der Waals surface area contributed by atoms with Gasteiger partial charge < -0.3 is 15.2 Å². The Balaban J connectivity index is 2.03. The highest BCUT2D eigenvalue weighted by Crippen LogP contribution is 2.32. The van der Waals surface area contributed by atoms with Crippen molar-refractivity contribution >= 4 is 0 Å². The van der Waals surface area contributed by atoms with Crippen LogP contribution in [0.4, 0.5) is 0 Å². The molecule has 0 spiro atoms. The fourth-order valence-corrected chi connectivity index (χ4v) is 2.22. The maximum absolute atomic E-state index is 9.45. The summed E-state index contributed by atoms with van der Waals surface area (Å²) in [6.07, 6.45) is 1.96. The van der Waals surface area contributed by atoms with Crippen LogP contribution < -0.4 is 10.1 Å². The van der Waals surface area contributed by atoms with Gasteiger partial charge in [0, 0.05) is 36.6 Å². The van der Waals surface area contributed by atoms with E-state index in [0.717, 1.165) is 31.7 Å². The minimum Gasteiger partial charge on any atom is -0.493 e. The Morgan fingerprint density at radius 3 is 2.94 bits per heavy atom. The number of aliphatic hydroxyl groups is 1.